The molecule has 90 valence electrons. The fourth-order valence-corrected chi connectivity index (χ4v) is 2.62. The Morgan fingerprint density at radius 2 is 2.00 bits per heavy atom. The topological polar surface area (TPSA) is 17.8 Å². The van der Waals surface area contributed by atoms with E-state index in [0.29, 0.717) is 0 Å². The summed E-state index contributed by atoms with van der Waals surface area (Å²) >= 11 is 9.76. The van der Waals surface area contributed by atoms with E-state index in [4.69, 9.17) is 11.6 Å². The zero-order valence-electron chi connectivity index (χ0n) is 9.48. The van der Waals surface area contributed by atoms with E-state index in [-0.39, 0.29) is 0 Å². The van der Waals surface area contributed by atoms with Crippen LogP contribution in [-0.2, 0) is 5.33 Å². The number of imidazole rings is 1. The van der Waals surface area contributed by atoms with E-state index < -0.39 is 0 Å². The standard InChI is InChI=1S/C14H10BrClN2/c15-8-10-5-6-13(11(16)7-10)18-9-17-12-3-1-2-4-14(12)18/h1-7,9H,8H2. The van der Waals surface area contributed by atoms with E-state index in [1.807, 2.05) is 41.0 Å². The van der Waals surface area contributed by atoms with Crippen molar-refractivity contribution in [3.05, 3.63) is 59.4 Å². The average molecular weight is 322 g/mol. The number of nitrogens with zero attached hydrogens (tertiary/aromatic N) is 2. The number of hydrogen-bond donors (Lipinski definition) is 0. The predicted molar refractivity (Wildman–Crippen MR) is 78.7 cm³/mol. The van der Waals surface area contributed by atoms with Crippen molar-refractivity contribution in [2.45, 2.75) is 5.33 Å². The van der Waals surface area contributed by atoms with E-state index in [9.17, 15) is 0 Å². The van der Waals surface area contributed by atoms with Crippen LogP contribution >= 0.6 is 27.5 Å². The molecular formula is C14H10BrClN2. The summed E-state index contributed by atoms with van der Waals surface area (Å²) in [5.74, 6) is 0. The highest BCUT2D eigenvalue weighted by Crippen LogP contribution is 2.26. The van der Waals surface area contributed by atoms with Gasteiger partial charge in [-0.1, -0.05) is 45.7 Å². The normalized spacial score (nSPS) is 11.0. The van der Waals surface area contributed by atoms with Crippen LogP contribution in [0.5, 0.6) is 0 Å². The van der Waals surface area contributed by atoms with Crippen LogP contribution in [0.2, 0.25) is 5.02 Å². The summed E-state index contributed by atoms with van der Waals surface area (Å²) in [4.78, 5) is 4.37. The molecule has 2 nitrogen and oxygen atoms in total. The van der Waals surface area contributed by atoms with Gasteiger partial charge in [0.25, 0.3) is 0 Å². The number of hydrogen-bond acceptors (Lipinski definition) is 1. The Morgan fingerprint density at radius 1 is 1.17 bits per heavy atom. The number of alkyl halides is 1. The summed E-state index contributed by atoms with van der Waals surface area (Å²) < 4.78 is 2.01. The van der Waals surface area contributed by atoms with Crippen LogP contribution in [0.3, 0.4) is 0 Å². The van der Waals surface area contributed by atoms with Crippen LogP contribution in [-0.4, -0.2) is 9.55 Å². The molecule has 0 aliphatic heterocycles. The number of para-hydroxylation sites is 2. The third-order valence-electron chi connectivity index (χ3n) is 2.88. The summed E-state index contributed by atoms with van der Waals surface area (Å²) in [5, 5.41) is 1.53. The van der Waals surface area contributed by atoms with Crippen LogP contribution in [0, 0.1) is 0 Å². The molecule has 1 heterocycles. The molecule has 4 heteroatoms. The van der Waals surface area contributed by atoms with E-state index >= 15 is 0 Å². The molecule has 18 heavy (non-hydrogen) atoms. The lowest BCUT2D eigenvalue weighted by molar-refractivity contribution is 1.09. The van der Waals surface area contributed by atoms with Crippen LogP contribution in [0.15, 0.2) is 48.8 Å². The van der Waals surface area contributed by atoms with Crippen LogP contribution in [0.4, 0.5) is 0 Å². The zero-order chi connectivity index (χ0) is 12.5. The highest BCUT2D eigenvalue weighted by molar-refractivity contribution is 9.08. The maximum Gasteiger partial charge on any atom is 0.100 e. The molecule has 0 N–H and O–H groups in total. The molecular weight excluding hydrogens is 312 g/mol. The minimum atomic E-state index is 0.732. The smallest absolute Gasteiger partial charge is 0.100 e. The first-order valence-corrected chi connectivity index (χ1v) is 7.06. The van der Waals surface area contributed by atoms with E-state index in [1.165, 1.54) is 0 Å². The largest absolute Gasteiger partial charge is 0.297 e. The van der Waals surface area contributed by atoms with Gasteiger partial charge in [-0.25, -0.2) is 4.98 Å². The molecule has 0 saturated heterocycles. The van der Waals surface area contributed by atoms with Crippen molar-refractivity contribution in [2.75, 3.05) is 0 Å². The van der Waals surface area contributed by atoms with Crippen LogP contribution in [0.1, 0.15) is 5.56 Å². The number of fused-ring (bicyclic) bond motifs is 1. The molecule has 0 atom stereocenters. The Labute approximate surface area is 118 Å². The lowest BCUT2D eigenvalue weighted by atomic mass is 10.2. The van der Waals surface area contributed by atoms with Gasteiger partial charge in [0, 0.05) is 5.33 Å². The van der Waals surface area contributed by atoms with Crippen molar-refractivity contribution in [2.24, 2.45) is 0 Å². The number of halogens is 2. The second kappa shape index (κ2) is 4.75. The van der Waals surface area contributed by atoms with Gasteiger partial charge in [0.2, 0.25) is 0 Å². The van der Waals surface area contributed by atoms with Crippen LogP contribution in [0.25, 0.3) is 16.7 Å². The molecule has 0 fully saturated rings. The van der Waals surface area contributed by atoms with Crippen molar-refractivity contribution in [3.63, 3.8) is 0 Å². The summed E-state index contributed by atoms with van der Waals surface area (Å²) in [6, 6.07) is 14.1. The van der Waals surface area contributed by atoms with Gasteiger partial charge >= 0.3 is 0 Å². The first kappa shape index (κ1) is 11.8. The molecule has 0 saturated carbocycles. The van der Waals surface area contributed by atoms with Gasteiger partial charge in [0.05, 0.1) is 21.7 Å². The van der Waals surface area contributed by atoms with E-state index in [1.54, 1.807) is 6.33 Å². The summed E-state index contributed by atoms with van der Waals surface area (Å²) in [7, 11) is 0. The first-order chi connectivity index (χ1) is 8.79. The zero-order valence-corrected chi connectivity index (χ0v) is 11.8. The Hall–Kier alpha value is -1.32. The Kier molecular flexibility index (Phi) is 3.10. The Bertz CT molecular complexity index is 706. The Morgan fingerprint density at radius 3 is 2.78 bits per heavy atom. The van der Waals surface area contributed by atoms with Gasteiger partial charge in [-0.3, -0.25) is 4.57 Å². The van der Waals surface area contributed by atoms with Crippen LogP contribution < -0.4 is 0 Å². The van der Waals surface area contributed by atoms with Gasteiger partial charge in [0.1, 0.15) is 6.33 Å². The van der Waals surface area contributed by atoms with Gasteiger partial charge in [-0.15, -0.1) is 0 Å². The van der Waals surface area contributed by atoms with Crippen molar-refractivity contribution in [1.82, 2.24) is 9.55 Å². The van der Waals surface area contributed by atoms with Crippen molar-refractivity contribution in [3.8, 4) is 5.69 Å². The number of aromatic nitrogens is 2. The highest BCUT2D eigenvalue weighted by Gasteiger charge is 2.07. The Balaban J connectivity index is 2.20. The summed E-state index contributed by atoms with van der Waals surface area (Å²) in [6.45, 7) is 0. The molecule has 0 unspecified atom stereocenters. The third kappa shape index (κ3) is 1.93. The number of benzene rings is 2. The second-order valence-electron chi connectivity index (χ2n) is 4.02. The number of rotatable bonds is 2. The molecule has 0 bridgehead atoms. The quantitative estimate of drug-likeness (QED) is 0.632. The molecule has 0 spiro atoms. The SMILES string of the molecule is Clc1cc(CBr)ccc1-n1cnc2ccccc21. The minimum Gasteiger partial charge on any atom is -0.297 e. The summed E-state index contributed by atoms with van der Waals surface area (Å²) in [6.07, 6.45) is 1.81. The fourth-order valence-electron chi connectivity index (χ4n) is 1.98. The fraction of sp³-hybridized carbons (Fsp3) is 0.0714. The molecule has 3 aromatic rings. The molecule has 1 aromatic heterocycles. The lowest BCUT2D eigenvalue weighted by Gasteiger charge is -2.08. The average Bonchev–Trinajstić information content (AvgIpc) is 2.82. The second-order valence-corrected chi connectivity index (χ2v) is 4.99. The predicted octanol–water partition coefficient (Wildman–Crippen LogP) is 4.57. The van der Waals surface area contributed by atoms with Crippen molar-refractivity contribution < 1.29 is 0 Å². The first-order valence-electron chi connectivity index (χ1n) is 5.56. The van der Waals surface area contributed by atoms with Gasteiger partial charge in [-0.2, -0.15) is 0 Å². The van der Waals surface area contributed by atoms with Gasteiger partial charge in [-0.05, 0) is 29.8 Å². The molecule has 2 aromatic carbocycles. The van der Waals surface area contributed by atoms with E-state index in [0.717, 1.165) is 32.6 Å². The van der Waals surface area contributed by atoms with Crippen molar-refractivity contribution >= 4 is 38.6 Å². The summed E-state index contributed by atoms with van der Waals surface area (Å²) in [5.41, 5.74) is 4.15. The maximum absolute atomic E-state index is 6.33. The van der Waals surface area contributed by atoms with Gasteiger partial charge in [0.15, 0.2) is 0 Å². The third-order valence-corrected chi connectivity index (χ3v) is 3.83. The van der Waals surface area contributed by atoms with Crippen molar-refractivity contribution in [1.29, 1.82) is 0 Å². The minimum absolute atomic E-state index is 0.732. The molecule has 0 aliphatic carbocycles. The maximum atomic E-state index is 6.33. The molecule has 3 rings (SSSR count). The lowest BCUT2D eigenvalue weighted by Crippen LogP contribution is -1.93. The molecule has 0 amide bonds. The highest BCUT2D eigenvalue weighted by atomic mass is 79.9. The monoisotopic (exact) mass is 320 g/mol. The van der Waals surface area contributed by atoms with Gasteiger partial charge < -0.3 is 0 Å². The van der Waals surface area contributed by atoms with E-state index in [2.05, 4.69) is 27.0 Å². The molecule has 0 radical (unpaired) electrons. The molecule has 0 aliphatic rings.